The fourth-order valence-corrected chi connectivity index (χ4v) is 3.06. The summed E-state index contributed by atoms with van der Waals surface area (Å²) in [4.78, 5) is 13.6. The summed E-state index contributed by atoms with van der Waals surface area (Å²) in [6, 6.07) is 6.03. The summed E-state index contributed by atoms with van der Waals surface area (Å²) in [5.41, 5.74) is 8.22. The van der Waals surface area contributed by atoms with Crippen molar-refractivity contribution >= 4 is 11.6 Å². The Balaban J connectivity index is 2.02. The van der Waals surface area contributed by atoms with Crippen LogP contribution in [0, 0.1) is 0 Å². The second-order valence-corrected chi connectivity index (χ2v) is 5.60. The number of benzene rings is 1. The van der Waals surface area contributed by atoms with Crippen LogP contribution in [0.5, 0.6) is 5.75 Å². The van der Waals surface area contributed by atoms with Crippen LogP contribution in [0.4, 0.5) is 5.69 Å². The molecule has 1 heterocycles. The highest BCUT2D eigenvalue weighted by atomic mass is 16.5. The minimum Gasteiger partial charge on any atom is -0.491 e. The molecule has 0 atom stereocenters. The second-order valence-electron chi connectivity index (χ2n) is 5.60. The maximum Gasteiger partial charge on any atom is 0.230 e. The first-order valence-corrected chi connectivity index (χ1v) is 6.93. The number of anilines is 1. The van der Waals surface area contributed by atoms with Crippen LogP contribution in [0.2, 0.25) is 0 Å². The van der Waals surface area contributed by atoms with Gasteiger partial charge in [-0.25, -0.2) is 0 Å². The lowest BCUT2D eigenvalue weighted by Crippen LogP contribution is -2.33. The maximum absolute atomic E-state index is 11.9. The number of ether oxygens (including phenoxy) is 1. The number of amides is 1. The fourth-order valence-electron chi connectivity index (χ4n) is 3.06. The van der Waals surface area contributed by atoms with E-state index in [0.717, 1.165) is 29.8 Å². The summed E-state index contributed by atoms with van der Waals surface area (Å²) in [5.74, 6) is 0.868. The van der Waals surface area contributed by atoms with Gasteiger partial charge in [-0.15, -0.1) is 0 Å². The Morgan fingerprint density at radius 1 is 1.32 bits per heavy atom. The Morgan fingerprint density at radius 3 is 2.79 bits per heavy atom. The number of hydrogen-bond acceptors (Lipinski definition) is 3. The van der Waals surface area contributed by atoms with Crippen molar-refractivity contribution in [2.75, 3.05) is 18.6 Å². The van der Waals surface area contributed by atoms with E-state index in [0.29, 0.717) is 13.0 Å². The molecule has 1 saturated carbocycles. The van der Waals surface area contributed by atoms with E-state index in [1.165, 1.54) is 12.8 Å². The lowest BCUT2D eigenvalue weighted by Gasteiger charge is -2.26. The molecule has 0 bridgehead atoms. The number of nitrogens with zero attached hydrogens (tertiary/aromatic N) is 1. The van der Waals surface area contributed by atoms with Crippen molar-refractivity contribution in [2.45, 2.75) is 37.6 Å². The van der Waals surface area contributed by atoms with Gasteiger partial charge >= 0.3 is 0 Å². The standard InChI is InChI=1S/C15H20N2O2/c1-17-12-10-11(15(16)7-2-3-8-15)4-5-13(12)19-9-6-14(17)18/h4-5,10H,2-3,6-9,16H2,1H3. The zero-order valence-corrected chi connectivity index (χ0v) is 11.3. The first kappa shape index (κ1) is 12.5. The highest BCUT2D eigenvalue weighted by Gasteiger charge is 2.32. The molecule has 0 unspecified atom stereocenters. The number of fused-ring (bicyclic) bond motifs is 1. The average molecular weight is 260 g/mol. The van der Waals surface area contributed by atoms with Crippen LogP contribution in [-0.4, -0.2) is 19.6 Å². The van der Waals surface area contributed by atoms with E-state index in [1.807, 2.05) is 18.2 Å². The summed E-state index contributed by atoms with van der Waals surface area (Å²) >= 11 is 0. The molecule has 1 fully saturated rings. The van der Waals surface area contributed by atoms with Crippen LogP contribution in [0.3, 0.4) is 0 Å². The number of carbonyl (C=O) groups excluding carboxylic acids is 1. The van der Waals surface area contributed by atoms with Crippen LogP contribution in [-0.2, 0) is 10.3 Å². The number of nitrogens with two attached hydrogens (primary N) is 1. The van der Waals surface area contributed by atoms with Crippen molar-refractivity contribution in [2.24, 2.45) is 5.73 Å². The van der Waals surface area contributed by atoms with Crippen LogP contribution >= 0.6 is 0 Å². The highest BCUT2D eigenvalue weighted by Crippen LogP contribution is 2.40. The largest absolute Gasteiger partial charge is 0.491 e. The Labute approximate surface area is 113 Å². The summed E-state index contributed by atoms with van der Waals surface area (Å²) in [6.45, 7) is 0.448. The zero-order chi connectivity index (χ0) is 13.5. The number of rotatable bonds is 1. The molecule has 0 saturated heterocycles. The van der Waals surface area contributed by atoms with Crippen molar-refractivity contribution in [3.05, 3.63) is 23.8 Å². The summed E-state index contributed by atoms with van der Waals surface area (Å²) in [5, 5.41) is 0. The normalized spacial score (nSPS) is 21.8. The molecule has 1 amide bonds. The van der Waals surface area contributed by atoms with Gasteiger partial charge in [-0.05, 0) is 30.5 Å². The predicted octanol–water partition coefficient (Wildman–Crippen LogP) is 2.16. The Hall–Kier alpha value is -1.55. The van der Waals surface area contributed by atoms with E-state index >= 15 is 0 Å². The van der Waals surface area contributed by atoms with E-state index in [-0.39, 0.29) is 11.4 Å². The molecular formula is C15H20N2O2. The summed E-state index contributed by atoms with van der Waals surface area (Å²) in [6.07, 6.45) is 4.82. The Kier molecular flexibility index (Phi) is 2.97. The molecule has 1 aromatic carbocycles. The minimum absolute atomic E-state index is 0.0911. The van der Waals surface area contributed by atoms with E-state index in [4.69, 9.17) is 10.5 Å². The smallest absolute Gasteiger partial charge is 0.230 e. The molecule has 2 N–H and O–H groups in total. The van der Waals surface area contributed by atoms with E-state index in [1.54, 1.807) is 11.9 Å². The topological polar surface area (TPSA) is 55.6 Å². The number of carbonyl (C=O) groups is 1. The zero-order valence-electron chi connectivity index (χ0n) is 11.3. The van der Waals surface area contributed by atoms with Gasteiger partial charge in [0, 0.05) is 12.6 Å². The lowest BCUT2D eigenvalue weighted by molar-refractivity contribution is -0.118. The molecule has 0 aromatic heterocycles. The summed E-state index contributed by atoms with van der Waals surface area (Å²) in [7, 11) is 1.80. The first-order chi connectivity index (χ1) is 9.10. The van der Waals surface area contributed by atoms with Gasteiger partial charge in [-0.2, -0.15) is 0 Å². The molecule has 1 aliphatic carbocycles. The average Bonchev–Trinajstić information content (AvgIpc) is 2.80. The van der Waals surface area contributed by atoms with Gasteiger partial charge in [0.2, 0.25) is 5.91 Å². The fraction of sp³-hybridized carbons (Fsp3) is 0.533. The van der Waals surface area contributed by atoms with Crippen molar-refractivity contribution < 1.29 is 9.53 Å². The molecule has 4 nitrogen and oxygen atoms in total. The van der Waals surface area contributed by atoms with Crippen LogP contribution < -0.4 is 15.4 Å². The van der Waals surface area contributed by atoms with E-state index in [2.05, 4.69) is 0 Å². The molecule has 1 aliphatic heterocycles. The van der Waals surface area contributed by atoms with Gasteiger partial charge in [-0.1, -0.05) is 18.9 Å². The SMILES string of the molecule is CN1C(=O)CCOc2ccc(C3(N)CCCC3)cc21. The third kappa shape index (κ3) is 2.10. The second kappa shape index (κ2) is 4.53. The maximum atomic E-state index is 11.9. The van der Waals surface area contributed by atoms with Gasteiger partial charge in [0.25, 0.3) is 0 Å². The van der Waals surface area contributed by atoms with Gasteiger partial charge in [0.15, 0.2) is 0 Å². The third-order valence-corrected chi connectivity index (χ3v) is 4.34. The molecular weight excluding hydrogens is 240 g/mol. The van der Waals surface area contributed by atoms with Crippen molar-refractivity contribution in [3.8, 4) is 5.75 Å². The van der Waals surface area contributed by atoms with Crippen molar-refractivity contribution in [1.82, 2.24) is 0 Å². The van der Waals surface area contributed by atoms with Crippen LogP contribution in [0.25, 0.3) is 0 Å². The Bertz CT molecular complexity index is 507. The van der Waals surface area contributed by atoms with E-state index < -0.39 is 0 Å². The highest BCUT2D eigenvalue weighted by molar-refractivity contribution is 5.95. The van der Waals surface area contributed by atoms with Crippen molar-refractivity contribution in [3.63, 3.8) is 0 Å². The van der Waals surface area contributed by atoms with Crippen LogP contribution in [0.15, 0.2) is 18.2 Å². The molecule has 2 aliphatic rings. The molecule has 19 heavy (non-hydrogen) atoms. The molecule has 102 valence electrons. The quantitative estimate of drug-likeness (QED) is 0.842. The predicted molar refractivity (Wildman–Crippen MR) is 74.3 cm³/mol. The van der Waals surface area contributed by atoms with Gasteiger partial charge < -0.3 is 15.4 Å². The lowest BCUT2D eigenvalue weighted by atomic mass is 9.89. The van der Waals surface area contributed by atoms with Gasteiger partial charge in [-0.3, -0.25) is 4.79 Å². The molecule has 0 spiro atoms. The minimum atomic E-state index is -0.231. The molecule has 1 aromatic rings. The molecule has 4 heteroatoms. The molecule has 0 radical (unpaired) electrons. The van der Waals surface area contributed by atoms with Gasteiger partial charge in [0.1, 0.15) is 5.75 Å². The first-order valence-electron chi connectivity index (χ1n) is 6.93. The monoisotopic (exact) mass is 260 g/mol. The third-order valence-electron chi connectivity index (χ3n) is 4.34. The summed E-state index contributed by atoms with van der Waals surface area (Å²) < 4.78 is 5.64. The van der Waals surface area contributed by atoms with Crippen LogP contribution in [0.1, 0.15) is 37.7 Å². The molecule has 3 rings (SSSR count). The Morgan fingerprint density at radius 2 is 2.05 bits per heavy atom. The van der Waals surface area contributed by atoms with E-state index in [9.17, 15) is 4.79 Å². The van der Waals surface area contributed by atoms with Gasteiger partial charge in [0.05, 0.1) is 18.7 Å². The van der Waals surface area contributed by atoms with Crippen molar-refractivity contribution in [1.29, 1.82) is 0 Å². The number of hydrogen-bond donors (Lipinski definition) is 1.